The zero-order valence-corrected chi connectivity index (χ0v) is 21.6. The number of nitro groups is 1. The lowest BCUT2D eigenvalue weighted by atomic mass is 10.2. The molecular weight excluding hydrogens is 503 g/mol. The molecule has 2 aromatic carbocycles. The predicted octanol–water partition coefficient (Wildman–Crippen LogP) is 4.89. The summed E-state index contributed by atoms with van der Waals surface area (Å²) in [6.45, 7) is 5.12. The highest BCUT2D eigenvalue weighted by Crippen LogP contribution is 2.38. The molecule has 2 saturated heterocycles. The third kappa shape index (κ3) is 5.15. The van der Waals surface area contributed by atoms with E-state index >= 15 is 4.39 Å². The van der Waals surface area contributed by atoms with Crippen LogP contribution in [0.25, 0.3) is 11.0 Å². The van der Waals surface area contributed by atoms with Crippen molar-refractivity contribution in [3.05, 3.63) is 64.6 Å². The molecule has 0 saturated carbocycles. The number of aromatic nitrogens is 3. The van der Waals surface area contributed by atoms with Crippen LogP contribution in [-0.2, 0) is 0 Å². The fourth-order valence-electron chi connectivity index (χ4n) is 5.11. The zero-order valence-electron chi connectivity index (χ0n) is 21.6. The van der Waals surface area contributed by atoms with Crippen molar-refractivity contribution in [3.8, 4) is 11.6 Å². The molecule has 2 N–H and O–H groups in total. The average Bonchev–Trinajstić information content (AvgIpc) is 3.60. The maximum absolute atomic E-state index is 15.1. The normalized spacial score (nSPS) is 16.2. The highest BCUT2D eigenvalue weighted by atomic mass is 19.1. The monoisotopic (exact) mass is 532 g/mol. The topological polar surface area (TPSA) is 116 Å². The van der Waals surface area contributed by atoms with E-state index in [1.54, 1.807) is 24.3 Å². The highest BCUT2D eigenvalue weighted by molar-refractivity contribution is 5.95. The van der Waals surface area contributed by atoms with Crippen molar-refractivity contribution in [1.82, 2.24) is 19.9 Å². The summed E-state index contributed by atoms with van der Waals surface area (Å²) in [6, 6.07) is 11.0. The quantitative estimate of drug-likeness (QED) is 0.253. The summed E-state index contributed by atoms with van der Waals surface area (Å²) >= 11 is 0. The molecule has 0 unspecified atom stereocenters. The summed E-state index contributed by atoms with van der Waals surface area (Å²) < 4.78 is 21.2. The number of piperazine rings is 1. The van der Waals surface area contributed by atoms with Crippen LogP contribution in [0.2, 0.25) is 0 Å². The number of likely N-dealkylation sites (N-methyl/N-ethyl adjacent to an activating group) is 1. The average molecular weight is 533 g/mol. The Morgan fingerprint density at radius 2 is 1.77 bits per heavy atom. The van der Waals surface area contributed by atoms with Crippen molar-refractivity contribution >= 4 is 39.7 Å². The van der Waals surface area contributed by atoms with Gasteiger partial charge in [-0.15, -0.1) is 0 Å². The van der Waals surface area contributed by atoms with Crippen LogP contribution in [0.1, 0.15) is 12.8 Å². The van der Waals surface area contributed by atoms with Gasteiger partial charge in [0.1, 0.15) is 22.6 Å². The molecule has 4 heterocycles. The molecule has 0 bridgehead atoms. The molecule has 2 aromatic heterocycles. The van der Waals surface area contributed by atoms with Crippen LogP contribution in [-0.4, -0.2) is 71.1 Å². The van der Waals surface area contributed by atoms with E-state index in [0.29, 0.717) is 22.4 Å². The van der Waals surface area contributed by atoms with Gasteiger partial charge in [-0.25, -0.2) is 4.39 Å². The molecule has 39 heavy (non-hydrogen) atoms. The third-order valence-corrected chi connectivity index (χ3v) is 7.22. The minimum Gasteiger partial charge on any atom is -0.438 e. The van der Waals surface area contributed by atoms with Gasteiger partial charge < -0.3 is 29.7 Å². The lowest BCUT2D eigenvalue weighted by Gasteiger charge is -2.34. The molecule has 202 valence electrons. The van der Waals surface area contributed by atoms with Crippen molar-refractivity contribution in [1.29, 1.82) is 0 Å². The first-order chi connectivity index (χ1) is 18.9. The lowest BCUT2D eigenvalue weighted by Crippen LogP contribution is -2.44. The van der Waals surface area contributed by atoms with Crippen molar-refractivity contribution < 1.29 is 14.1 Å². The fourth-order valence-corrected chi connectivity index (χ4v) is 5.11. The minimum atomic E-state index is -0.471. The molecule has 0 radical (unpaired) electrons. The fraction of sp³-hybridized carbons (Fsp3) is 0.333. The Hall–Kier alpha value is -4.45. The maximum atomic E-state index is 15.1. The van der Waals surface area contributed by atoms with Crippen LogP contribution < -0.4 is 19.9 Å². The van der Waals surface area contributed by atoms with Gasteiger partial charge in [-0.1, -0.05) is 6.07 Å². The number of rotatable bonds is 7. The number of halogens is 1. The number of nitro benzene ring substituents is 1. The molecule has 12 heteroatoms. The molecule has 6 rings (SSSR count). The van der Waals surface area contributed by atoms with Crippen LogP contribution in [0.5, 0.6) is 11.6 Å². The molecule has 0 spiro atoms. The summed E-state index contributed by atoms with van der Waals surface area (Å²) in [5.41, 5.74) is 2.44. The second kappa shape index (κ2) is 10.4. The standard InChI is InChI=1S/C27H29FN8O3/c1-33-11-13-35(14-12-33)22-8-7-18(15-21(22)28)30-27-31-25-24(23(17-29-25)34-9-2-3-10-34)26(32-27)39-20-6-4-5-19(16-20)36(37)38/h4-8,15-17H,2-3,9-14H2,1H3,(H2,29,30,31,32). The second-order valence-electron chi connectivity index (χ2n) is 9.88. The number of hydrogen-bond acceptors (Lipinski definition) is 9. The highest BCUT2D eigenvalue weighted by Gasteiger charge is 2.23. The van der Waals surface area contributed by atoms with Crippen LogP contribution in [0.3, 0.4) is 0 Å². The van der Waals surface area contributed by atoms with Gasteiger partial charge in [-0.3, -0.25) is 10.1 Å². The first kappa shape index (κ1) is 24.9. The van der Waals surface area contributed by atoms with Gasteiger partial charge in [0.05, 0.1) is 22.4 Å². The van der Waals surface area contributed by atoms with E-state index in [4.69, 9.17) is 4.74 Å². The van der Waals surface area contributed by atoms with E-state index in [9.17, 15) is 10.1 Å². The predicted molar refractivity (Wildman–Crippen MR) is 148 cm³/mol. The van der Waals surface area contributed by atoms with Crippen molar-refractivity contribution in [3.63, 3.8) is 0 Å². The van der Waals surface area contributed by atoms with Gasteiger partial charge in [0.2, 0.25) is 11.8 Å². The molecule has 4 aromatic rings. The van der Waals surface area contributed by atoms with Gasteiger partial charge in [-0.2, -0.15) is 9.97 Å². The first-order valence-corrected chi connectivity index (χ1v) is 13.0. The second-order valence-corrected chi connectivity index (χ2v) is 9.88. The number of benzene rings is 2. The van der Waals surface area contributed by atoms with Crippen molar-refractivity contribution in [2.24, 2.45) is 0 Å². The Morgan fingerprint density at radius 3 is 2.51 bits per heavy atom. The Morgan fingerprint density at radius 1 is 1.00 bits per heavy atom. The van der Waals surface area contributed by atoms with Gasteiger partial charge in [0.25, 0.3) is 5.69 Å². The molecule has 0 atom stereocenters. The van der Waals surface area contributed by atoms with Gasteiger partial charge >= 0.3 is 0 Å². The Bertz CT molecular complexity index is 1510. The van der Waals surface area contributed by atoms with E-state index in [1.807, 2.05) is 11.1 Å². The number of nitrogens with zero attached hydrogens (tertiary/aromatic N) is 6. The number of aromatic amines is 1. The molecule has 2 aliphatic rings. The molecular formula is C27H29FN8O3. The summed E-state index contributed by atoms with van der Waals surface area (Å²) in [7, 11) is 2.06. The summed E-state index contributed by atoms with van der Waals surface area (Å²) in [6.07, 6.45) is 4.05. The summed E-state index contributed by atoms with van der Waals surface area (Å²) in [4.78, 5) is 29.8. The summed E-state index contributed by atoms with van der Waals surface area (Å²) in [5, 5.41) is 15.1. The number of anilines is 4. The first-order valence-electron chi connectivity index (χ1n) is 13.0. The van der Waals surface area contributed by atoms with Gasteiger partial charge in [-0.05, 0) is 44.2 Å². The van der Waals surface area contributed by atoms with Crippen molar-refractivity contribution in [2.75, 3.05) is 61.4 Å². The van der Waals surface area contributed by atoms with Crippen LogP contribution >= 0.6 is 0 Å². The number of non-ortho nitro benzene ring substituents is 1. The third-order valence-electron chi connectivity index (χ3n) is 7.22. The minimum absolute atomic E-state index is 0.0825. The van der Waals surface area contributed by atoms with Crippen LogP contribution in [0.15, 0.2) is 48.7 Å². The van der Waals surface area contributed by atoms with Gasteiger partial charge in [0.15, 0.2) is 0 Å². The number of H-pyrrole nitrogens is 1. The summed E-state index contributed by atoms with van der Waals surface area (Å²) in [5.74, 6) is 0.423. The van der Waals surface area contributed by atoms with E-state index in [0.717, 1.165) is 57.8 Å². The molecule has 0 aliphatic carbocycles. The molecule has 2 aliphatic heterocycles. The van der Waals surface area contributed by atoms with Gasteiger partial charge in [0, 0.05) is 57.2 Å². The van der Waals surface area contributed by atoms with Crippen LogP contribution in [0, 0.1) is 15.9 Å². The lowest BCUT2D eigenvalue weighted by molar-refractivity contribution is -0.384. The smallest absolute Gasteiger partial charge is 0.273 e. The Labute approximate surface area is 224 Å². The number of hydrogen-bond donors (Lipinski definition) is 2. The maximum Gasteiger partial charge on any atom is 0.273 e. The number of fused-ring (bicyclic) bond motifs is 1. The Kier molecular flexibility index (Phi) is 6.61. The largest absolute Gasteiger partial charge is 0.438 e. The molecule has 0 amide bonds. The van der Waals surface area contributed by atoms with E-state index in [2.05, 4.69) is 37.1 Å². The number of ether oxygens (including phenoxy) is 1. The molecule has 11 nitrogen and oxygen atoms in total. The SMILES string of the molecule is CN1CCN(c2ccc(Nc3nc(Oc4cccc([N+](=O)[O-])c4)c4c(N5CCCC5)c[nH]c4n3)cc2F)CC1. The van der Waals surface area contributed by atoms with Crippen molar-refractivity contribution in [2.45, 2.75) is 12.8 Å². The van der Waals surface area contributed by atoms with E-state index in [1.165, 1.54) is 18.2 Å². The number of nitrogens with one attached hydrogen (secondary N) is 2. The van der Waals surface area contributed by atoms with E-state index < -0.39 is 4.92 Å². The molecule has 2 fully saturated rings. The Balaban J connectivity index is 1.33. The van der Waals surface area contributed by atoms with Crippen LogP contribution in [0.4, 0.5) is 33.1 Å². The zero-order chi connectivity index (χ0) is 26.9. The van der Waals surface area contributed by atoms with E-state index in [-0.39, 0.29) is 29.1 Å².